The molecule has 0 aliphatic heterocycles. The van der Waals surface area contributed by atoms with Gasteiger partial charge in [-0.25, -0.2) is 9.59 Å². The summed E-state index contributed by atoms with van der Waals surface area (Å²) in [5, 5.41) is 9.02. The molecule has 1 rings (SSSR count). The summed E-state index contributed by atoms with van der Waals surface area (Å²) in [6.45, 7) is 2.54. The van der Waals surface area contributed by atoms with Gasteiger partial charge in [0, 0.05) is 29.6 Å². The smallest absolute Gasteiger partial charge is 0.339 e. The van der Waals surface area contributed by atoms with Crippen molar-refractivity contribution in [1.29, 1.82) is 0 Å². The van der Waals surface area contributed by atoms with Gasteiger partial charge in [-0.15, -0.1) is 0 Å². The van der Waals surface area contributed by atoms with Gasteiger partial charge < -0.3 is 9.84 Å². The number of carbonyl (C=O) groups excluding carboxylic acids is 1. The molecule has 1 radical (unpaired) electrons. The van der Waals surface area contributed by atoms with Crippen LogP contribution in [0.15, 0.2) is 24.3 Å². The average Bonchev–Trinajstić information content (AvgIpc) is 2.49. The van der Waals surface area contributed by atoms with E-state index in [0.717, 1.165) is 19.3 Å². The van der Waals surface area contributed by atoms with Crippen LogP contribution in [0.4, 0.5) is 0 Å². The van der Waals surface area contributed by atoms with E-state index in [1.54, 1.807) is 12.1 Å². The summed E-state index contributed by atoms with van der Waals surface area (Å²) >= 11 is 0. The summed E-state index contributed by atoms with van der Waals surface area (Å²) in [5.74, 6) is -1.67. The minimum Gasteiger partial charge on any atom is -0.478 e. The Morgan fingerprint density at radius 3 is 2.09 bits per heavy atom. The first-order valence-electron chi connectivity index (χ1n) is 7.66. The molecule has 0 amide bonds. The van der Waals surface area contributed by atoms with E-state index in [1.165, 1.54) is 37.8 Å². The van der Waals surface area contributed by atoms with Gasteiger partial charge in [0.2, 0.25) is 0 Å². The molecule has 22 heavy (non-hydrogen) atoms. The van der Waals surface area contributed by atoms with Gasteiger partial charge >= 0.3 is 11.9 Å². The molecule has 0 saturated carbocycles. The molecule has 0 unspecified atom stereocenters. The second-order valence-corrected chi connectivity index (χ2v) is 5.11. The molecule has 0 fully saturated rings. The van der Waals surface area contributed by atoms with Crippen molar-refractivity contribution in [2.24, 2.45) is 0 Å². The Kier molecular flexibility index (Phi) is 12.2. The van der Waals surface area contributed by atoms with E-state index in [4.69, 9.17) is 9.84 Å². The fourth-order valence-corrected chi connectivity index (χ4v) is 2.15. The zero-order valence-corrected chi connectivity index (χ0v) is 15.6. The van der Waals surface area contributed by atoms with Crippen LogP contribution < -0.4 is 0 Å². The number of hydrogen-bond donors (Lipinski definition) is 1. The summed E-state index contributed by atoms with van der Waals surface area (Å²) < 4.78 is 5.14. The SMILES string of the molecule is CCCCCCCCCOC(=O)c1ccccc1C(=O)O.[Na]. The van der Waals surface area contributed by atoms with Crippen molar-refractivity contribution in [3.63, 3.8) is 0 Å². The van der Waals surface area contributed by atoms with Crippen LogP contribution in [-0.2, 0) is 4.74 Å². The van der Waals surface area contributed by atoms with Gasteiger partial charge in [-0.2, -0.15) is 0 Å². The van der Waals surface area contributed by atoms with E-state index in [2.05, 4.69) is 6.92 Å². The quantitative estimate of drug-likeness (QED) is 0.404. The van der Waals surface area contributed by atoms with Gasteiger partial charge in [-0.3, -0.25) is 0 Å². The molecule has 117 valence electrons. The number of ether oxygens (including phenoxy) is 1. The third kappa shape index (κ3) is 7.97. The maximum absolute atomic E-state index is 11.9. The van der Waals surface area contributed by atoms with Gasteiger partial charge in [0.05, 0.1) is 17.7 Å². The summed E-state index contributed by atoms with van der Waals surface area (Å²) in [7, 11) is 0. The molecule has 1 aromatic rings. The summed E-state index contributed by atoms with van der Waals surface area (Å²) in [5.41, 5.74) is 0.106. The monoisotopic (exact) mass is 315 g/mol. The Hall–Kier alpha value is -0.840. The summed E-state index contributed by atoms with van der Waals surface area (Å²) in [4.78, 5) is 22.9. The molecular weight excluding hydrogens is 291 g/mol. The number of unbranched alkanes of at least 4 members (excludes halogenated alkanes) is 6. The Morgan fingerprint density at radius 1 is 0.955 bits per heavy atom. The molecular formula is C17H24NaO4. The number of carbonyl (C=O) groups is 2. The fraction of sp³-hybridized carbons (Fsp3) is 0.529. The van der Waals surface area contributed by atoms with E-state index in [1.807, 2.05) is 0 Å². The number of carboxylic acid groups (broad SMARTS) is 1. The molecule has 0 aliphatic rings. The first kappa shape index (κ1) is 21.2. The Morgan fingerprint density at radius 2 is 1.50 bits per heavy atom. The second-order valence-electron chi connectivity index (χ2n) is 5.11. The van der Waals surface area contributed by atoms with E-state index >= 15 is 0 Å². The van der Waals surface area contributed by atoms with Crippen LogP contribution in [0.2, 0.25) is 0 Å². The van der Waals surface area contributed by atoms with Gasteiger partial charge in [0.15, 0.2) is 0 Å². The molecule has 0 heterocycles. The largest absolute Gasteiger partial charge is 0.478 e. The summed E-state index contributed by atoms with van der Waals surface area (Å²) in [6.07, 6.45) is 8.03. The molecule has 0 spiro atoms. The fourth-order valence-electron chi connectivity index (χ4n) is 2.15. The van der Waals surface area contributed by atoms with Crippen molar-refractivity contribution in [2.75, 3.05) is 6.61 Å². The van der Waals surface area contributed by atoms with Crippen LogP contribution >= 0.6 is 0 Å². The van der Waals surface area contributed by atoms with E-state index < -0.39 is 11.9 Å². The molecule has 0 aromatic heterocycles. The first-order chi connectivity index (χ1) is 10.2. The maximum Gasteiger partial charge on any atom is 0.339 e. The maximum atomic E-state index is 11.9. The topological polar surface area (TPSA) is 63.6 Å². The molecule has 1 aromatic carbocycles. The van der Waals surface area contributed by atoms with Crippen LogP contribution in [0.5, 0.6) is 0 Å². The van der Waals surface area contributed by atoms with E-state index in [-0.39, 0.29) is 40.7 Å². The van der Waals surface area contributed by atoms with Crippen LogP contribution in [0.25, 0.3) is 0 Å². The van der Waals surface area contributed by atoms with Crippen molar-refractivity contribution >= 4 is 41.5 Å². The normalized spacial score (nSPS) is 9.86. The van der Waals surface area contributed by atoms with E-state index in [0.29, 0.717) is 6.61 Å². The predicted octanol–water partition coefficient (Wildman–Crippen LogP) is 3.91. The minimum absolute atomic E-state index is 0. The number of aromatic carboxylic acids is 1. The van der Waals surface area contributed by atoms with Crippen molar-refractivity contribution in [1.82, 2.24) is 0 Å². The number of hydrogen-bond acceptors (Lipinski definition) is 3. The van der Waals surface area contributed by atoms with Crippen LogP contribution in [0, 0.1) is 0 Å². The van der Waals surface area contributed by atoms with Crippen LogP contribution in [-0.4, -0.2) is 53.2 Å². The van der Waals surface area contributed by atoms with Crippen LogP contribution in [0.3, 0.4) is 0 Å². The third-order valence-electron chi connectivity index (χ3n) is 3.36. The second kappa shape index (κ2) is 12.7. The standard InChI is InChI=1S/C17H24O4.Na/c1-2-3-4-5-6-7-10-13-21-17(20)15-12-9-8-11-14(15)16(18)19;/h8-9,11-12H,2-7,10,13H2,1H3,(H,18,19);. The minimum atomic E-state index is -1.11. The number of esters is 1. The molecule has 1 N–H and O–H groups in total. The zero-order chi connectivity index (χ0) is 15.5. The van der Waals surface area contributed by atoms with Crippen molar-refractivity contribution in [2.45, 2.75) is 51.9 Å². The zero-order valence-electron chi connectivity index (χ0n) is 13.6. The molecule has 0 aliphatic carbocycles. The van der Waals surface area contributed by atoms with E-state index in [9.17, 15) is 9.59 Å². The third-order valence-corrected chi connectivity index (χ3v) is 3.36. The molecule has 0 bridgehead atoms. The van der Waals surface area contributed by atoms with Crippen molar-refractivity contribution < 1.29 is 19.4 Å². The van der Waals surface area contributed by atoms with Gasteiger partial charge in [0.1, 0.15) is 0 Å². The Balaban J connectivity index is 0.00000441. The van der Waals surface area contributed by atoms with Crippen LogP contribution in [0.1, 0.15) is 72.6 Å². The average molecular weight is 315 g/mol. The van der Waals surface area contributed by atoms with Gasteiger partial charge in [-0.1, -0.05) is 57.6 Å². The van der Waals surface area contributed by atoms with Crippen molar-refractivity contribution in [3.05, 3.63) is 35.4 Å². The Bertz CT molecular complexity index is 460. The molecule has 0 atom stereocenters. The molecule has 5 heteroatoms. The number of carboxylic acids is 1. The predicted molar refractivity (Wildman–Crippen MR) is 87.4 cm³/mol. The Labute approximate surface area is 154 Å². The molecule has 4 nitrogen and oxygen atoms in total. The first-order valence-corrected chi connectivity index (χ1v) is 7.66. The number of rotatable bonds is 10. The summed E-state index contributed by atoms with van der Waals surface area (Å²) in [6, 6.07) is 6.12. The van der Waals surface area contributed by atoms with Crippen molar-refractivity contribution in [3.8, 4) is 0 Å². The molecule has 0 saturated heterocycles. The van der Waals surface area contributed by atoms with Gasteiger partial charge in [0.25, 0.3) is 0 Å². The number of benzene rings is 1. The van der Waals surface area contributed by atoms with Gasteiger partial charge in [-0.05, 0) is 18.6 Å².